The van der Waals surface area contributed by atoms with Crippen LogP contribution in [-0.4, -0.2) is 64.8 Å². The Balaban J connectivity index is 1.89. The van der Waals surface area contributed by atoms with Crippen molar-refractivity contribution < 1.29 is 28.5 Å². The fourth-order valence-corrected chi connectivity index (χ4v) is 3.58. The minimum absolute atomic E-state index is 0.00472. The van der Waals surface area contributed by atoms with Crippen molar-refractivity contribution in [1.29, 1.82) is 0 Å². The highest BCUT2D eigenvalue weighted by atomic mass is 16.5. The number of anilines is 2. The Morgan fingerprint density at radius 3 is 2.11 bits per heavy atom. The largest absolute Gasteiger partial charge is 0.466 e. The molecular weight excluding hydrogens is 364 g/mol. The zero-order valence-electron chi connectivity index (χ0n) is 16.6. The molecule has 0 spiro atoms. The number of hydrogen-bond donors (Lipinski definition) is 0. The Labute approximate surface area is 164 Å². The number of ether oxygens (including phenoxy) is 4. The highest BCUT2D eigenvalue weighted by Gasteiger charge is 2.32. The van der Waals surface area contributed by atoms with Crippen molar-refractivity contribution in [3.05, 3.63) is 35.5 Å². The van der Waals surface area contributed by atoms with Gasteiger partial charge in [0.1, 0.15) is 12.4 Å². The molecule has 8 nitrogen and oxygen atoms in total. The monoisotopic (exact) mass is 390 g/mol. The molecule has 2 atom stereocenters. The first kappa shape index (κ1) is 20.2. The molecule has 1 aromatic rings. The molecule has 2 aliphatic rings. The van der Waals surface area contributed by atoms with Gasteiger partial charge < -0.3 is 28.7 Å². The summed E-state index contributed by atoms with van der Waals surface area (Å²) in [6, 6.07) is 7.77. The van der Waals surface area contributed by atoms with Crippen LogP contribution in [-0.2, 0) is 28.5 Å². The molecule has 1 saturated heterocycles. The summed E-state index contributed by atoms with van der Waals surface area (Å²) in [5.41, 5.74) is 2.07. The predicted octanol–water partition coefficient (Wildman–Crippen LogP) is 1.69. The number of rotatable bonds is 4. The van der Waals surface area contributed by atoms with E-state index in [1.165, 1.54) is 14.2 Å². The van der Waals surface area contributed by atoms with E-state index in [0.717, 1.165) is 24.5 Å². The number of morpholine rings is 1. The third-order valence-electron chi connectivity index (χ3n) is 4.78. The van der Waals surface area contributed by atoms with Crippen molar-refractivity contribution in [2.45, 2.75) is 26.1 Å². The average molecular weight is 390 g/mol. The number of carbonyl (C=O) groups excluding carboxylic acids is 2. The van der Waals surface area contributed by atoms with Gasteiger partial charge in [-0.25, -0.2) is 9.59 Å². The van der Waals surface area contributed by atoms with Crippen LogP contribution >= 0.6 is 0 Å². The van der Waals surface area contributed by atoms with Crippen LogP contribution in [0.5, 0.6) is 0 Å². The molecule has 0 N–H and O–H groups in total. The summed E-state index contributed by atoms with van der Waals surface area (Å²) in [5.74, 6) is -1.22. The Morgan fingerprint density at radius 1 is 0.964 bits per heavy atom. The van der Waals surface area contributed by atoms with Crippen LogP contribution in [0.4, 0.5) is 11.4 Å². The SMILES string of the molecule is COC(=O)C1=C(C(=O)OC)N(c2ccc(N3CC(C)OC(C)C3)cc2)COC1. The maximum absolute atomic E-state index is 12.4. The van der Waals surface area contributed by atoms with Gasteiger partial charge in [0.2, 0.25) is 0 Å². The lowest BCUT2D eigenvalue weighted by Crippen LogP contribution is -2.45. The van der Waals surface area contributed by atoms with E-state index in [1.54, 1.807) is 4.90 Å². The number of carbonyl (C=O) groups is 2. The minimum atomic E-state index is -0.613. The number of hydrogen-bond acceptors (Lipinski definition) is 8. The Bertz CT molecular complexity index is 750. The van der Waals surface area contributed by atoms with E-state index in [0.29, 0.717) is 0 Å². The first-order valence-corrected chi connectivity index (χ1v) is 9.20. The number of methoxy groups -OCH3 is 2. The molecule has 0 aliphatic carbocycles. The van der Waals surface area contributed by atoms with Gasteiger partial charge in [-0.05, 0) is 38.1 Å². The van der Waals surface area contributed by atoms with Crippen molar-refractivity contribution >= 4 is 23.3 Å². The smallest absolute Gasteiger partial charge is 0.355 e. The molecular formula is C20H26N2O6. The number of nitrogens with zero attached hydrogens (tertiary/aromatic N) is 2. The molecule has 2 aliphatic heterocycles. The van der Waals surface area contributed by atoms with E-state index in [1.807, 2.05) is 24.3 Å². The van der Waals surface area contributed by atoms with Gasteiger partial charge in [-0.15, -0.1) is 0 Å². The molecule has 3 rings (SSSR count). The molecule has 0 amide bonds. The maximum Gasteiger partial charge on any atom is 0.355 e. The van der Waals surface area contributed by atoms with Crippen LogP contribution in [0.2, 0.25) is 0 Å². The van der Waals surface area contributed by atoms with Crippen molar-refractivity contribution in [2.75, 3.05) is 50.4 Å². The molecule has 1 fully saturated rings. The summed E-state index contributed by atoms with van der Waals surface area (Å²) in [5, 5.41) is 0. The first-order chi connectivity index (χ1) is 13.4. The van der Waals surface area contributed by atoms with Crippen molar-refractivity contribution in [1.82, 2.24) is 0 Å². The maximum atomic E-state index is 12.4. The Morgan fingerprint density at radius 2 is 1.54 bits per heavy atom. The van der Waals surface area contributed by atoms with E-state index in [9.17, 15) is 9.59 Å². The number of esters is 2. The van der Waals surface area contributed by atoms with Crippen LogP contribution in [0.25, 0.3) is 0 Å². The standard InChI is InChI=1S/C20H26N2O6/c1-13-9-21(10-14(2)28-13)15-5-7-16(8-6-15)22-12-27-11-17(19(23)25-3)18(22)20(24)26-4/h5-8,13-14H,9-12H2,1-4H3. The van der Waals surface area contributed by atoms with E-state index in [2.05, 4.69) is 18.7 Å². The van der Waals surface area contributed by atoms with E-state index < -0.39 is 11.9 Å². The molecule has 28 heavy (non-hydrogen) atoms. The fraction of sp³-hybridized carbons (Fsp3) is 0.500. The van der Waals surface area contributed by atoms with Gasteiger partial charge in [0.15, 0.2) is 0 Å². The van der Waals surface area contributed by atoms with Crippen molar-refractivity contribution in [3.8, 4) is 0 Å². The second-order valence-corrected chi connectivity index (χ2v) is 6.89. The topological polar surface area (TPSA) is 77.5 Å². The average Bonchev–Trinajstić information content (AvgIpc) is 2.71. The second-order valence-electron chi connectivity index (χ2n) is 6.89. The lowest BCUT2D eigenvalue weighted by atomic mass is 10.1. The molecule has 1 aromatic carbocycles. The van der Waals surface area contributed by atoms with E-state index in [4.69, 9.17) is 18.9 Å². The van der Waals surface area contributed by atoms with Gasteiger partial charge in [0, 0.05) is 24.5 Å². The summed E-state index contributed by atoms with van der Waals surface area (Å²) in [4.78, 5) is 28.3. The van der Waals surface area contributed by atoms with Gasteiger partial charge in [-0.1, -0.05) is 0 Å². The number of benzene rings is 1. The first-order valence-electron chi connectivity index (χ1n) is 9.20. The van der Waals surface area contributed by atoms with Gasteiger partial charge in [-0.2, -0.15) is 0 Å². The summed E-state index contributed by atoms with van der Waals surface area (Å²) in [6.07, 6.45) is 0.325. The summed E-state index contributed by atoms with van der Waals surface area (Å²) in [6.45, 7) is 5.88. The highest BCUT2D eigenvalue weighted by Crippen LogP contribution is 2.29. The lowest BCUT2D eigenvalue weighted by Gasteiger charge is -2.37. The summed E-state index contributed by atoms with van der Waals surface area (Å²) >= 11 is 0. The van der Waals surface area contributed by atoms with Gasteiger partial charge >= 0.3 is 11.9 Å². The van der Waals surface area contributed by atoms with E-state index in [-0.39, 0.29) is 36.8 Å². The third-order valence-corrected chi connectivity index (χ3v) is 4.78. The van der Waals surface area contributed by atoms with Crippen molar-refractivity contribution in [2.24, 2.45) is 0 Å². The molecule has 8 heteroatoms. The molecule has 0 bridgehead atoms. The molecule has 2 heterocycles. The van der Waals surface area contributed by atoms with Crippen LogP contribution in [0.15, 0.2) is 35.5 Å². The fourth-order valence-electron chi connectivity index (χ4n) is 3.58. The van der Waals surface area contributed by atoms with Gasteiger partial charge in [0.25, 0.3) is 0 Å². The minimum Gasteiger partial charge on any atom is -0.466 e. The zero-order chi connectivity index (χ0) is 20.3. The molecule has 0 aromatic heterocycles. The third kappa shape index (κ3) is 4.13. The Hall–Kier alpha value is -2.58. The lowest BCUT2D eigenvalue weighted by molar-refractivity contribution is -0.140. The normalized spacial score (nSPS) is 22.9. The summed E-state index contributed by atoms with van der Waals surface area (Å²) in [7, 11) is 2.55. The van der Waals surface area contributed by atoms with E-state index >= 15 is 0 Å². The highest BCUT2D eigenvalue weighted by molar-refractivity contribution is 6.03. The van der Waals surface area contributed by atoms with Crippen LogP contribution in [0.3, 0.4) is 0 Å². The second kappa shape index (κ2) is 8.62. The Kier molecular flexibility index (Phi) is 6.21. The zero-order valence-corrected chi connectivity index (χ0v) is 16.6. The van der Waals surface area contributed by atoms with Crippen LogP contribution in [0, 0.1) is 0 Å². The van der Waals surface area contributed by atoms with Crippen molar-refractivity contribution in [3.63, 3.8) is 0 Å². The molecule has 0 saturated carbocycles. The van der Waals surface area contributed by atoms with Crippen LogP contribution in [0.1, 0.15) is 13.8 Å². The summed E-state index contributed by atoms with van der Waals surface area (Å²) < 4.78 is 21.0. The predicted molar refractivity (Wildman–Crippen MR) is 103 cm³/mol. The molecule has 2 unspecified atom stereocenters. The molecule has 0 radical (unpaired) electrons. The quantitative estimate of drug-likeness (QED) is 0.719. The van der Waals surface area contributed by atoms with Crippen LogP contribution < -0.4 is 9.80 Å². The van der Waals surface area contributed by atoms with Gasteiger partial charge in [-0.3, -0.25) is 0 Å². The van der Waals surface area contributed by atoms with Gasteiger partial charge in [0.05, 0.1) is 38.6 Å². The molecule has 152 valence electrons.